The number of nitrogens with zero attached hydrogens (tertiary/aromatic N) is 3. The molecule has 54 heavy (non-hydrogen) atoms. The number of nitrogens with one attached hydrogen (secondary N) is 1. The molecule has 11 heteroatoms. The molecular weight excluding hydrogens is 683 g/mol. The van der Waals surface area contributed by atoms with E-state index in [0.29, 0.717) is 17.2 Å². The highest BCUT2D eigenvalue weighted by molar-refractivity contribution is 5.94. The number of esters is 2. The molecule has 11 nitrogen and oxygen atoms in total. The van der Waals surface area contributed by atoms with E-state index in [0.717, 1.165) is 91.8 Å². The number of nitrogens with two attached hydrogens (primary N) is 1. The van der Waals surface area contributed by atoms with Crippen LogP contribution >= 0.6 is 0 Å². The number of anilines is 1. The fraction of sp³-hybridized carbons (Fsp3) is 0.581. The Bertz CT molecular complexity index is 2000. The second kappa shape index (κ2) is 13.4. The Morgan fingerprint density at radius 1 is 1.17 bits per heavy atom. The number of aliphatic hydroxyl groups excluding tert-OH is 1. The number of aromatic nitrogens is 1. The van der Waals surface area contributed by atoms with Crippen LogP contribution < -0.4 is 15.4 Å². The topological polar surface area (TPSA) is 134 Å². The van der Waals surface area contributed by atoms with Crippen molar-refractivity contribution in [3.05, 3.63) is 70.9 Å². The summed E-state index contributed by atoms with van der Waals surface area (Å²) in [6, 6.07) is 12.1. The minimum atomic E-state index is -1.29. The lowest BCUT2D eigenvalue weighted by Crippen LogP contribution is -2.69. The number of hydrogen-bond acceptors (Lipinski definition) is 10. The second-order valence-electron chi connectivity index (χ2n) is 17.1. The maximum absolute atomic E-state index is 14.6. The standard InChI is InChI=1S/C43H57N5O6/c1-8-42(44)22-25(2)23-47(24-42)18-15-28-27-12-9-10-14-32(27)45-37(28)41(4,40(51)53-7)31-20-30-33(21-34(31)52-6)46(5)39-35(50)36(54-26(3)49)29-13-11-17-48-19-16-43(30,39)38(29)48/h9-14,20-21,25,29,35-36,38-39,45,50H,8,15-19,22-24,44H2,1-7H3/t25?,29?,35?,36?,38?,39?,41-,42?,43?/m0/s1. The van der Waals surface area contributed by atoms with Crippen LogP contribution in [-0.4, -0.2) is 116 Å². The number of carbonyl (C=O) groups excluding carboxylic acids is 2. The van der Waals surface area contributed by atoms with Crippen molar-refractivity contribution in [3.63, 3.8) is 0 Å². The molecule has 3 aromatic rings. The molecule has 4 aliphatic heterocycles. The van der Waals surface area contributed by atoms with Crippen LogP contribution in [0.1, 0.15) is 69.3 Å². The van der Waals surface area contributed by atoms with Gasteiger partial charge in [-0.1, -0.05) is 44.2 Å². The van der Waals surface area contributed by atoms with Crippen LogP contribution in [0.25, 0.3) is 10.9 Å². The number of H-pyrrole nitrogens is 1. The average molecular weight is 740 g/mol. The number of methoxy groups -OCH3 is 2. The highest BCUT2D eigenvalue weighted by Crippen LogP contribution is 2.62. The number of carbonyl (C=O) groups is 2. The van der Waals surface area contributed by atoms with Crippen molar-refractivity contribution in [2.75, 3.05) is 58.9 Å². The van der Waals surface area contributed by atoms with Gasteiger partial charge >= 0.3 is 11.9 Å². The van der Waals surface area contributed by atoms with E-state index in [-0.39, 0.29) is 23.5 Å². The zero-order valence-electron chi connectivity index (χ0n) is 32.9. The Hall–Kier alpha value is -3.90. The van der Waals surface area contributed by atoms with Crippen molar-refractivity contribution in [1.29, 1.82) is 0 Å². The lowest BCUT2D eigenvalue weighted by atomic mass is 9.58. The van der Waals surface area contributed by atoms with E-state index in [1.165, 1.54) is 14.0 Å². The van der Waals surface area contributed by atoms with Crippen molar-refractivity contribution in [1.82, 2.24) is 14.8 Å². The highest BCUT2D eigenvalue weighted by Gasteiger charge is 2.69. The second-order valence-corrected chi connectivity index (χ2v) is 17.1. The Labute approximate surface area is 318 Å². The van der Waals surface area contributed by atoms with Gasteiger partial charge in [0.25, 0.3) is 0 Å². The third-order valence-corrected chi connectivity index (χ3v) is 14.0. The lowest BCUT2D eigenvalue weighted by Gasteiger charge is -2.54. The van der Waals surface area contributed by atoms with E-state index in [1.807, 2.05) is 32.2 Å². The van der Waals surface area contributed by atoms with Crippen LogP contribution in [-0.2, 0) is 36.3 Å². The Morgan fingerprint density at radius 2 is 1.94 bits per heavy atom. The number of para-hydroxylation sites is 1. The van der Waals surface area contributed by atoms with Gasteiger partial charge in [0.15, 0.2) is 0 Å². The SMILES string of the molecule is CCC1(N)CC(C)CN(CCc2c([C@@](C)(C(=O)OC)c3cc4c(cc3OC)N(C)C3C(O)C(OC(C)=O)C5C=CCN6CCC43C56)[nH]c3ccccc23)C1. The molecule has 290 valence electrons. The van der Waals surface area contributed by atoms with Crippen LogP contribution in [0.15, 0.2) is 48.6 Å². The van der Waals surface area contributed by atoms with Crippen LogP contribution in [0.4, 0.5) is 5.69 Å². The van der Waals surface area contributed by atoms with Crippen molar-refractivity contribution >= 4 is 28.5 Å². The van der Waals surface area contributed by atoms with Gasteiger partial charge in [0.2, 0.25) is 0 Å². The molecule has 1 aliphatic carbocycles. The van der Waals surface area contributed by atoms with Crippen molar-refractivity contribution in [3.8, 4) is 5.75 Å². The minimum Gasteiger partial charge on any atom is -0.496 e. The molecule has 5 aliphatic rings. The van der Waals surface area contributed by atoms with Gasteiger partial charge in [-0.3, -0.25) is 14.5 Å². The third-order valence-electron chi connectivity index (χ3n) is 14.0. The van der Waals surface area contributed by atoms with Gasteiger partial charge in [-0.25, -0.2) is 0 Å². The number of aliphatic hydroxyl groups is 1. The summed E-state index contributed by atoms with van der Waals surface area (Å²) in [5.74, 6) is 0.0816. The summed E-state index contributed by atoms with van der Waals surface area (Å²) < 4.78 is 17.9. The smallest absolute Gasteiger partial charge is 0.322 e. The number of ether oxygens (including phenoxy) is 3. The zero-order chi connectivity index (χ0) is 38.3. The van der Waals surface area contributed by atoms with E-state index in [2.05, 4.69) is 63.9 Å². The van der Waals surface area contributed by atoms with Crippen molar-refractivity contribution in [2.45, 2.75) is 94.0 Å². The molecule has 9 atom stereocenters. The predicted octanol–water partition coefficient (Wildman–Crippen LogP) is 4.27. The molecule has 0 radical (unpaired) electrons. The van der Waals surface area contributed by atoms with Gasteiger partial charge < -0.3 is 39.8 Å². The van der Waals surface area contributed by atoms with E-state index in [1.54, 1.807) is 7.11 Å². The number of benzene rings is 2. The molecule has 0 bridgehead atoms. The summed E-state index contributed by atoms with van der Waals surface area (Å²) >= 11 is 0. The molecular formula is C43H57N5O6. The van der Waals surface area contributed by atoms with E-state index in [9.17, 15) is 14.7 Å². The fourth-order valence-electron chi connectivity index (χ4n) is 11.7. The summed E-state index contributed by atoms with van der Waals surface area (Å²) in [4.78, 5) is 37.8. The summed E-state index contributed by atoms with van der Waals surface area (Å²) in [5, 5.41) is 13.3. The summed E-state index contributed by atoms with van der Waals surface area (Å²) in [7, 11) is 5.11. The van der Waals surface area contributed by atoms with Crippen LogP contribution in [0.2, 0.25) is 0 Å². The Morgan fingerprint density at radius 3 is 2.67 bits per heavy atom. The van der Waals surface area contributed by atoms with E-state index >= 15 is 0 Å². The Balaban J connectivity index is 1.28. The van der Waals surface area contributed by atoms with Crippen molar-refractivity contribution < 1.29 is 28.9 Å². The number of likely N-dealkylation sites (tertiary alicyclic amines) is 1. The first-order valence-corrected chi connectivity index (χ1v) is 19.7. The molecule has 5 heterocycles. The summed E-state index contributed by atoms with van der Waals surface area (Å²) in [6.07, 6.45) is 6.13. The first-order valence-electron chi connectivity index (χ1n) is 19.7. The number of aromatic amines is 1. The van der Waals surface area contributed by atoms with Crippen molar-refractivity contribution in [2.24, 2.45) is 17.6 Å². The zero-order valence-corrected chi connectivity index (χ0v) is 32.9. The van der Waals surface area contributed by atoms with Crippen LogP contribution in [0, 0.1) is 11.8 Å². The molecule has 1 saturated carbocycles. The maximum Gasteiger partial charge on any atom is 0.322 e. The predicted molar refractivity (Wildman–Crippen MR) is 209 cm³/mol. The van der Waals surface area contributed by atoms with Gasteiger partial charge in [0.05, 0.1) is 20.3 Å². The van der Waals surface area contributed by atoms with Crippen LogP contribution in [0.3, 0.4) is 0 Å². The highest BCUT2D eigenvalue weighted by atomic mass is 16.6. The number of piperidine rings is 1. The first kappa shape index (κ1) is 37.0. The molecule has 2 aromatic carbocycles. The molecule has 4 N–H and O–H groups in total. The monoisotopic (exact) mass is 739 g/mol. The molecule has 8 unspecified atom stereocenters. The number of rotatable bonds is 9. The quantitative estimate of drug-likeness (QED) is 0.216. The number of likely N-dealkylation sites (N-methyl/N-ethyl adjacent to an activating group) is 1. The lowest BCUT2D eigenvalue weighted by molar-refractivity contribution is -0.166. The molecule has 8 rings (SSSR count). The summed E-state index contributed by atoms with van der Waals surface area (Å²) in [6.45, 7) is 12.1. The van der Waals surface area contributed by atoms with E-state index in [4.69, 9.17) is 19.9 Å². The van der Waals surface area contributed by atoms with Crippen LogP contribution in [0.5, 0.6) is 5.75 Å². The van der Waals surface area contributed by atoms with Gasteiger partial charge in [-0.05, 0) is 68.3 Å². The van der Waals surface area contributed by atoms with Gasteiger partial charge in [0.1, 0.15) is 23.4 Å². The van der Waals surface area contributed by atoms with E-state index < -0.39 is 35.0 Å². The third kappa shape index (κ3) is 5.36. The summed E-state index contributed by atoms with van der Waals surface area (Å²) in [5.41, 5.74) is 10.5. The number of hydrogen-bond donors (Lipinski definition) is 3. The largest absolute Gasteiger partial charge is 0.496 e. The molecule has 0 amide bonds. The minimum absolute atomic E-state index is 0.0112. The fourth-order valence-corrected chi connectivity index (χ4v) is 11.7. The number of fused-ring (bicyclic) bond motifs is 2. The molecule has 2 saturated heterocycles. The average Bonchev–Trinajstić information content (AvgIpc) is 3.81. The molecule has 1 spiro atoms. The molecule has 1 aromatic heterocycles. The Kier molecular flexibility index (Phi) is 9.19. The van der Waals surface area contributed by atoms with Gasteiger partial charge in [-0.15, -0.1) is 0 Å². The molecule has 3 fully saturated rings. The normalized spacial score (nSPS) is 32.9. The van der Waals surface area contributed by atoms with Gasteiger partial charge in [-0.2, -0.15) is 0 Å². The maximum atomic E-state index is 14.6. The van der Waals surface area contributed by atoms with Gasteiger partial charge in [0, 0.05) is 97.0 Å². The first-order chi connectivity index (χ1) is 25.8.